The maximum Gasteiger partial charge on any atom is 0.410 e. The minimum Gasteiger partial charge on any atom is -0.444 e. The SMILES string of the molecule is C/C=C\C=C(/NC)C1(C(=N)/C=C/C2=C/C=C=C(F)/C=C\C2)CCN(C(=O)OC(C)(C)C)CC1.CC.CN. The number of hydrogen-bond donors (Lipinski definition) is 3. The van der Waals surface area contributed by atoms with Crippen LogP contribution in [0, 0.1) is 10.8 Å². The minimum absolute atomic E-state index is 0.319. The molecule has 0 radical (unpaired) electrons. The first-order chi connectivity index (χ1) is 17.6. The number of ether oxygens (including phenoxy) is 1. The van der Waals surface area contributed by atoms with Gasteiger partial charge in [0.05, 0.1) is 5.41 Å². The molecule has 1 saturated heterocycles. The highest BCUT2D eigenvalue weighted by Crippen LogP contribution is 2.39. The number of halogens is 1. The van der Waals surface area contributed by atoms with Gasteiger partial charge in [-0.3, -0.25) is 0 Å². The van der Waals surface area contributed by atoms with E-state index in [1.807, 2.05) is 79.0 Å². The molecule has 2 aliphatic rings. The molecule has 0 unspecified atom stereocenters. The van der Waals surface area contributed by atoms with Gasteiger partial charge in [0, 0.05) is 31.5 Å². The Labute approximate surface area is 223 Å². The second-order valence-corrected chi connectivity index (χ2v) is 9.16. The summed E-state index contributed by atoms with van der Waals surface area (Å²) in [6.07, 6.45) is 17.6. The van der Waals surface area contributed by atoms with E-state index in [9.17, 15) is 9.18 Å². The van der Waals surface area contributed by atoms with Gasteiger partial charge in [-0.15, -0.1) is 0 Å². The monoisotopic (exact) mass is 514 g/mol. The van der Waals surface area contributed by atoms with Crippen molar-refractivity contribution in [3.05, 3.63) is 77.5 Å². The van der Waals surface area contributed by atoms with Gasteiger partial charge in [-0.1, -0.05) is 50.0 Å². The lowest BCUT2D eigenvalue weighted by atomic mass is 9.71. The molecule has 0 aromatic heterocycles. The van der Waals surface area contributed by atoms with E-state index in [-0.39, 0.29) is 6.09 Å². The number of carbonyl (C=O) groups excluding carboxylic acids is 1. The molecule has 206 valence electrons. The number of amides is 1. The van der Waals surface area contributed by atoms with Crippen LogP contribution >= 0.6 is 0 Å². The van der Waals surface area contributed by atoms with Crippen molar-refractivity contribution in [2.75, 3.05) is 27.2 Å². The average molecular weight is 515 g/mol. The fourth-order valence-electron chi connectivity index (χ4n) is 3.87. The summed E-state index contributed by atoms with van der Waals surface area (Å²) in [5, 5.41) is 12.3. The van der Waals surface area contributed by atoms with Gasteiger partial charge in [-0.2, -0.15) is 4.39 Å². The largest absolute Gasteiger partial charge is 0.444 e. The predicted molar refractivity (Wildman–Crippen MR) is 154 cm³/mol. The van der Waals surface area contributed by atoms with E-state index in [0.29, 0.717) is 38.1 Å². The molecule has 1 fully saturated rings. The zero-order valence-electron chi connectivity index (χ0n) is 24.0. The summed E-state index contributed by atoms with van der Waals surface area (Å²) in [6.45, 7) is 12.5. The topological polar surface area (TPSA) is 91.4 Å². The van der Waals surface area contributed by atoms with Crippen molar-refractivity contribution in [1.82, 2.24) is 10.2 Å². The summed E-state index contributed by atoms with van der Waals surface area (Å²) in [6, 6.07) is 0. The molecule has 1 heterocycles. The van der Waals surface area contributed by atoms with Crippen molar-refractivity contribution in [2.45, 2.75) is 66.4 Å². The van der Waals surface area contributed by atoms with Crippen LogP contribution in [0.3, 0.4) is 0 Å². The number of rotatable bonds is 6. The molecule has 0 spiro atoms. The first-order valence-corrected chi connectivity index (χ1v) is 12.9. The van der Waals surface area contributed by atoms with Gasteiger partial charge in [0.1, 0.15) is 5.60 Å². The lowest BCUT2D eigenvalue weighted by Crippen LogP contribution is -2.49. The minimum atomic E-state index is -0.552. The third-order valence-corrected chi connectivity index (χ3v) is 5.62. The zero-order chi connectivity index (χ0) is 28.5. The van der Waals surface area contributed by atoms with Crippen molar-refractivity contribution >= 4 is 11.8 Å². The number of allylic oxidation sites excluding steroid dienone is 11. The number of nitrogens with one attached hydrogen (secondary N) is 2. The van der Waals surface area contributed by atoms with Gasteiger partial charge in [-0.05, 0) is 83.9 Å². The number of likely N-dealkylation sites (tertiary alicyclic amines) is 1. The van der Waals surface area contributed by atoms with Gasteiger partial charge in [-0.25, -0.2) is 4.79 Å². The molecule has 0 aromatic rings. The molecule has 37 heavy (non-hydrogen) atoms. The van der Waals surface area contributed by atoms with E-state index < -0.39 is 16.8 Å². The third-order valence-electron chi connectivity index (χ3n) is 5.62. The molecule has 0 saturated carbocycles. The number of carbonyl (C=O) groups is 1. The molecule has 1 amide bonds. The van der Waals surface area contributed by atoms with Crippen LogP contribution in [-0.4, -0.2) is 49.5 Å². The van der Waals surface area contributed by atoms with Crippen LogP contribution in [0.15, 0.2) is 77.5 Å². The highest BCUT2D eigenvalue weighted by atomic mass is 19.1. The van der Waals surface area contributed by atoms with Gasteiger partial charge >= 0.3 is 6.09 Å². The molecule has 1 aliphatic carbocycles. The molecule has 4 N–H and O–H groups in total. The summed E-state index contributed by atoms with van der Waals surface area (Å²) >= 11 is 0. The second kappa shape index (κ2) is 17.3. The molecule has 6 nitrogen and oxygen atoms in total. The van der Waals surface area contributed by atoms with Crippen LogP contribution in [0.5, 0.6) is 0 Å². The average Bonchev–Trinajstić information content (AvgIpc) is 2.87. The third kappa shape index (κ3) is 11.2. The van der Waals surface area contributed by atoms with Crippen LogP contribution < -0.4 is 11.1 Å². The standard InChI is InChI=1S/C27H36FN3O2.C2H6.CH5N/c1-6-7-14-24(30-5)27(17-19-31(20-18-27)25(32)33-26(2,3)4)23(29)16-15-21-10-8-12-22(28)13-9-11-21;2*1-2/h6-10,13-16,29-30H,11,17-20H2,1-5H3;1-2H3;2H2,1H3/b7-6-,13-9-,16-15+,21-10+,24-14-,29-23?;;. The highest BCUT2D eigenvalue weighted by Gasteiger charge is 2.42. The van der Waals surface area contributed by atoms with Gasteiger partial charge in [0.2, 0.25) is 0 Å². The van der Waals surface area contributed by atoms with E-state index >= 15 is 0 Å². The lowest BCUT2D eigenvalue weighted by Gasteiger charge is -2.43. The zero-order valence-corrected chi connectivity index (χ0v) is 24.0. The second-order valence-electron chi connectivity index (χ2n) is 9.16. The molecule has 0 bridgehead atoms. The van der Waals surface area contributed by atoms with Crippen molar-refractivity contribution in [1.29, 1.82) is 5.41 Å². The summed E-state index contributed by atoms with van der Waals surface area (Å²) < 4.78 is 18.9. The molecular weight excluding hydrogens is 467 g/mol. The summed E-state index contributed by atoms with van der Waals surface area (Å²) in [4.78, 5) is 14.3. The lowest BCUT2D eigenvalue weighted by molar-refractivity contribution is 0.0171. The molecular formula is C30H47FN4O2. The van der Waals surface area contributed by atoms with Crippen molar-refractivity contribution in [3.8, 4) is 0 Å². The molecule has 7 heteroatoms. The Morgan fingerprint density at radius 1 is 1.27 bits per heavy atom. The Morgan fingerprint density at radius 3 is 2.43 bits per heavy atom. The van der Waals surface area contributed by atoms with Gasteiger partial charge < -0.3 is 26.1 Å². The van der Waals surface area contributed by atoms with E-state index in [1.165, 1.54) is 13.1 Å². The highest BCUT2D eigenvalue weighted by molar-refractivity contribution is 6.00. The van der Waals surface area contributed by atoms with E-state index in [2.05, 4.69) is 16.8 Å². The van der Waals surface area contributed by atoms with Gasteiger partial charge in [0.25, 0.3) is 0 Å². The normalized spacial score (nSPS) is 19.7. The molecule has 2 rings (SSSR count). The number of hydrogen-bond acceptors (Lipinski definition) is 5. The van der Waals surface area contributed by atoms with Crippen LogP contribution in [-0.2, 0) is 4.74 Å². The Balaban J connectivity index is 0.00000308. The Morgan fingerprint density at radius 2 is 1.89 bits per heavy atom. The molecule has 0 atom stereocenters. The number of nitrogens with zero attached hydrogens (tertiary/aromatic N) is 1. The Kier molecular flexibility index (Phi) is 15.9. The summed E-state index contributed by atoms with van der Waals surface area (Å²) in [7, 11) is 3.36. The fraction of sp³-hybridized carbons (Fsp3) is 0.500. The van der Waals surface area contributed by atoms with Crippen LogP contribution in [0.25, 0.3) is 0 Å². The summed E-state index contributed by atoms with van der Waals surface area (Å²) in [5.74, 6) is -0.398. The summed E-state index contributed by atoms with van der Waals surface area (Å²) in [5.41, 5.74) is 8.32. The van der Waals surface area contributed by atoms with Gasteiger partial charge in [0.15, 0.2) is 5.83 Å². The number of nitrogens with two attached hydrogens (primary N) is 1. The first-order valence-electron chi connectivity index (χ1n) is 12.9. The van der Waals surface area contributed by atoms with Crippen molar-refractivity contribution in [2.24, 2.45) is 11.1 Å². The Hall–Kier alpha value is -3.15. The van der Waals surface area contributed by atoms with E-state index in [0.717, 1.165) is 11.3 Å². The van der Waals surface area contributed by atoms with Crippen LogP contribution in [0.1, 0.15) is 60.8 Å². The first kappa shape index (κ1) is 33.8. The quantitative estimate of drug-likeness (QED) is 0.208. The number of piperidine rings is 1. The molecule has 0 aromatic carbocycles. The van der Waals surface area contributed by atoms with E-state index in [1.54, 1.807) is 23.1 Å². The smallest absolute Gasteiger partial charge is 0.410 e. The fourth-order valence-corrected chi connectivity index (χ4v) is 3.87. The van der Waals surface area contributed by atoms with Crippen molar-refractivity contribution < 1.29 is 13.9 Å². The predicted octanol–water partition coefficient (Wildman–Crippen LogP) is 6.75. The Bertz CT molecular complexity index is 951. The van der Waals surface area contributed by atoms with E-state index in [4.69, 9.17) is 10.1 Å². The maximum absolute atomic E-state index is 13.3. The van der Waals surface area contributed by atoms with Crippen LogP contribution in [0.4, 0.5) is 9.18 Å². The maximum atomic E-state index is 13.3. The van der Waals surface area contributed by atoms with Crippen molar-refractivity contribution in [3.63, 3.8) is 0 Å². The van der Waals surface area contributed by atoms with Crippen LogP contribution in [0.2, 0.25) is 0 Å². The molecule has 1 aliphatic heterocycles.